The Morgan fingerprint density at radius 1 is 0.244 bits per heavy atom. The van der Waals surface area contributed by atoms with Crippen molar-refractivity contribution in [3.63, 3.8) is 0 Å². The Balaban J connectivity index is -0.000000546. The summed E-state index contributed by atoms with van der Waals surface area (Å²) in [6.07, 6.45) is 55.8. The maximum atomic E-state index is 5.63. The first-order valence-electron chi connectivity index (χ1n) is 37.1. The standard InChI is InChI=1S/C23H40O.C23H40.C17H30O.C17H30.8H2O.2H2/c1-5-18-6-8-19(9-7-18)22-14-15-23(17(3)16(22)2)20-10-12-21(24-4)13-11-20;1-5-19-8-12-21(13-9-19)23-15-14-22(17(3)18(23)4)20-10-6-16(2)7-11-20;1-5-14-6-8-15(9-7-14)16-10-11-17(18-4)13(3)12(16)2;1-5-15-7-9-16(10-8-15)17-11-6-12(2)13(3)14(17)4;;;;;;;;;;/h5,16-23H,1,6-15H2,2-4H3;5,16-23H,1,6-15H2,2-4H3;5,12-17H,1,6-11H2,2-4H3;5,12-17H,1,6-11H2,2-4H3;8*1H2;2*1H. The summed E-state index contributed by atoms with van der Waals surface area (Å²) in [7, 11) is 3.77. The van der Waals surface area contributed by atoms with Crippen molar-refractivity contribution in [3.8, 4) is 0 Å². The molecule has 0 aromatic heterocycles. The molecule has 16 unspecified atom stereocenters. The van der Waals surface area contributed by atoms with Crippen molar-refractivity contribution in [2.75, 3.05) is 14.2 Å². The second-order valence-electron chi connectivity index (χ2n) is 32.4. The molecule has 90 heavy (non-hydrogen) atoms. The molecule has 10 nitrogen and oxygen atoms in total. The lowest BCUT2D eigenvalue weighted by atomic mass is 9.57. The van der Waals surface area contributed by atoms with E-state index >= 15 is 0 Å². The number of allylic oxidation sites excluding steroid dienone is 4. The van der Waals surface area contributed by atoms with Gasteiger partial charge in [0.15, 0.2) is 0 Å². The Labute approximate surface area is 559 Å². The highest BCUT2D eigenvalue weighted by molar-refractivity contribution is 4.97. The Morgan fingerprint density at radius 2 is 0.467 bits per heavy atom. The zero-order valence-electron chi connectivity index (χ0n) is 60.7. The van der Waals surface area contributed by atoms with Crippen LogP contribution in [0.3, 0.4) is 0 Å². The van der Waals surface area contributed by atoms with Crippen LogP contribution in [0.5, 0.6) is 0 Å². The summed E-state index contributed by atoms with van der Waals surface area (Å²) < 4.78 is 11.2. The zero-order valence-corrected chi connectivity index (χ0v) is 60.7. The van der Waals surface area contributed by atoms with Crippen LogP contribution in [0.15, 0.2) is 50.6 Å². The van der Waals surface area contributed by atoms with Crippen LogP contribution in [0.4, 0.5) is 0 Å². The second kappa shape index (κ2) is 45.1. The van der Waals surface area contributed by atoms with Gasteiger partial charge in [0.1, 0.15) is 0 Å². The summed E-state index contributed by atoms with van der Waals surface area (Å²) in [6.45, 7) is 41.1. The van der Waals surface area contributed by atoms with Crippen molar-refractivity contribution in [1.82, 2.24) is 0 Å². The van der Waals surface area contributed by atoms with Crippen molar-refractivity contribution in [1.29, 1.82) is 0 Å². The summed E-state index contributed by atoms with van der Waals surface area (Å²) in [5, 5.41) is 0. The van der Waals surface area contributed by atoms with Crippen molar-refractivity contribution in [2.45, 2.75) is 287 Å². The summed E-state index contributed by atoms with van der Waals surface area (Å²) >= 11 is 0. The molecule has 0 aromatic carbocycles. The Hall–Kier alpha value is -1.44. The third-order valence-electron chi connectivity index (χ3n) is 28.9. The van der Waals surface area contributed by atoms with Crippen LogP contribution in [0.25, 0.3) is 0 Å². The monoisotopic (exact) mass is 1280 g/mol. The van der Waals surface area contributed by atoms with Crippen molar-refractivity contribution < 1.29 is 56.1 Å². The van der Waals surface area contributed by atoms with Gasteiger partial charge in [-0.2, -0.15) is 0 Å². The van der Waals surface area contributed by atoms with E-state index in [4.69, 9.17) is 9.47 Å². The lowest BCUT2D eigenvalue weighted by molar-refractivity contribution is -0.0329. The number of hydrogen-bond acceptors (Lipinski definition) is 2. The molecule has 0 saturated heterocycles. The van der Waals surface area contributed by atoms with E-state index in [0.29, 0.717) is 12.2 Å². The molecule has 16 N–H and O–H groups in total. The highest BCUT2D eigenvalue weighted by Crippen LogP contribution is 2.54. The number of ether oxygens (including phenoxy) is 2. The average molecular weight is 1280 g/mol. The third kappa shape index (κ3) is 24.0. The largest absolute Gasteiger partial charge is 0.412 e. The molecular weight excluding hydrogens is 1120 g/mol. The SMILES string of the molecule is C=CC1CCC(C2CCC(C)C(C)C2C)CC1.C=CC1CCC(C2CCC(C3CCC(C)CC3)C(C)C2C)CC1.C=CC1CCC(C2CCC(C3CCC(OC)CC3)C(C)C2C)CC1.C=CC1CCC(C2CCC(OC)C(C)C2C)CC1.O.O.O.O.O.O.O.O.[HH].[HH]. The number of methoxy groups -OCH3 is 2. The van der Waals surface area contributed by atoms with E-state index in [-0.39, 0.29) is 46.7 Å². The molecule has 0 bridgehead atoms. The predicted octanol–water partition coefficient (Wildman–Crippen LogP) is 17.5. The molecule has 10 fully saturated rings. The first-order chi connectivity index (χ1) is 39.5. The topological polar surface area (TPSA) is 270 Å². The predicted molar refractivity (Wildman–Crippen MR) is 391 cm³/mol. The molecule has 10 saturated carbocycles. The van der Waals surface area contributed by atoms with Gasteiger partial charge in [-0.15, -0.1) is 26.3 Å². The molecule has 10 aliphatic rings. The molecule has 0 amide bonds. The van der Waals surface area contributed by atoms with Gasteiger partial charge >= 0.3 is 0 Å². The maximum absolute atomic E-state index is 5.63. The normalized spacial score (nSPS) is 43.2. The van der Waals surface area contributed by atoms with Crippen molar-refractivity contribution in [2.24, 2.45) is 154 Å². The molecule has 10 heteroatoms. The number of hydrogen-bond donors (Lipinski definition) is 0. The maximum Gasteiger partial charge on any atom is 0.0599 e. The molecule has 0 spiro atoms. The van der Waals surface area contributed by atoms with Crippen LogP contribution in [0, 0.1) is 154 Å². The van der Waals surface area contributed by atoms with Crippen LogP contribution in [0.2, 0.25) is 0 Å². The van der Waals surface area contributed by atoms with E-state index in [1.54, 1.807) is 0 Å². The average Bonchev–Trinajstić information content (AvgIpc) is 0.911. The Morgan fingerprint density at radius 3 is 0.722 bits per heavy atom. The summed E-state index contributed by atoms with van der Waals surface area (Å²) in [4.78, 5) is 0. The van der Waals surface area contributed by atoms with Gasteiger partial charge in [-0.3, -0.25) is 0 Å². The minimum absolute atomic E-state index is 0. The van der Waals surface area contributed by atoms with Gasteiger partial charge in [0.25, 0.3) is 0 Å². The first-order valence-corrected chi connectivity index (χ1v) is 37.1. The molecule has 16 atom stereocenters. The zero-order chi connectivity index (χ0) is 59.0. The third-order valence-corrected chi connectivity index (χ3v) is 28.9. The lowest BCUT2D eigenvalue weighted by Gasteiger charge is -2.48. The fourth-order valence-corrected chi connectivity index (χ4v) is 21.9. The molecule has 10 aliphatic carbocycles. The lowest BCUT2D eigenvalue weighted by Crippen LogP contribution is -2.40. The van der Waals surface area contributed by atoms with Crippen molar-refractivity contribution in [3.05, 3.63) is 50.6 Å². The minimum atomic E-state index is 0. The van der Waals surface area contributed by atoms with Crippen molar-refractivity contribution >= 4 is 0 Å². The smallest absolute Gasteiger partial charge is 0.0599 e. The van der Waals surface area contributed by atoms with E-state index < -0.39 is 0 Å². The molecule has 540 valence electrons. The fraction of sp³-hybridized carbons (Fsp3) is 0.900. The van der Waals surface area contributed by atoms with E-state index in [1.165, 1.54) is 205 Å². The highest BCUT2D eigenvalue weighted by atomic mass is 16.5. The van der Waals surface area contributed by atoms with E-state index in [2.05, 4.69) is 120 Å². The second-order valence-corrected chi connectivity index (χ2v) is 32.4. The molecule has 0 heterocycles. The van der Waals surface area contributed by atoms with E-state index in [1.807, 2.05) is 14.2 Å². The van der Waals surface area contributed by atoms with Gasteiger partial charge in [-0.25, -0.2) is 0 Å². The Bertz CT molecular complexity index is 1830. The van der Waals surface area contributed by atoms with Gasteiger partial charge in [-0.1, -0.05) is 113 Å². The highest BCUT2D eigenvalue weighted by Gasteiger charge is 2.45. The Kier molecular flexibility index (Phi) is 45.4. The summed E-state index contributed by atoms with van der Waals surface area (Å²) in [6, 6.07) is 0. The molecule has 0 aliphatic heterocycles. The van der Waals surface area contributed by atoms with Crippen LogP contribution in [-0.2, 0) is 9.47 Å². The summed E-state index contributed by atoms with van der Waals surface area (Å²) in [5.41, 5.74) is 0. The van der Waals surface area contributed by atoms with Crippen LogP contribution in [0.1, 0.15) is 278 Å². The quantitative estimate of drug-likeness (QED) is 0.172. The summed E-state index contributed by atoms with van der Waals surface area (Å²) in [5.74, 6) is 24.5. The van der Waals surface area contributed by atoms with Crippen LogP contribution >= 0.6 is 0 Å². The molecule has 0 aromatic rings. The first kappa shape index (κ1) is 90.6. The van der Waals surface area contributed by atoms with E-state index in [9.17, 15) is 0 Å². The van der Waals surface area contributed by atoms with Gasteiger partial charge < -0.3 is 53.3 Å². The van der Waals surface area contributed by atoms with Crippen LogP contribution in [-0.4, -0.2) is 70.2 Å². The van der Waals surface area contributed by atoms with Gasteiger partial charge in [0.05, 0.1) is 12.2 Å². The van der Waals surface area contributed by atoms with E-state index in [0.717, 1.165) is 154 Å². The fourth-order valence-electron chi connectivity index (χ4n) is 21.9. The van der Waals surface area contributed by atoms with Gasteiger partial charge in [-0.05, 0) is 340 Å². The van der Waals surface area contributed by atoms with Crippen LogP contribution < -0.4 is 0 Å². The van der Waals surface area contributed by atoms with Gasteiger partial charge in [0, 0.05) is 17.1 Å². The number of rotatable bonds is 12. The molecule has 0 radical (unpaired) electrons. The molecular formula is C80H160O10. The molecule has 10 rings (SSSR count). The minimum Gasteiger partial charge on any atom is -0.412 e. The van der Waals surface area contributed by atoms with Gasteiger partial charge in [0.2, 0.25) is 0 Å².